The molecule has 10 rings (SSSR count). The van der Waals surface area contributed by atoms with E-state index in [4.69, 9.17) is 9.47 Å². The van der Waals surface area contributed by atoms with Crippen LogP contribution in [0.2, 0.25) is 0 Å². The van der Waals surface area contributed by atoms with Gasteiger partial charge in [-0.25, -0.2) is 0 Å². The van der Waals surface area contributed by atoms with Crippen molar-refractivity contribution in [3.8, 4) is 12.8 Å². The molecule has 10 fully saturated rings. The Bertz CT molecular complexity index is 1550. The van der Waals surface area contributed by atoms with Gasteiger partial charge in [-0.3, -0.25) is 9.59 Å². The number of hydrogen-bond donors (Lipinski definition) is 4. The Morgan fingerprint density at radius 1 is 0.576 bits per heavy atom. The number of fused-ring (bicyclic) bond motifs is 10. The van der Waals surface area contributed by atoms with Gasteiger partial charge in [-0.15, -0.1) is 12.8 Å². The van der Waals surface area contributed by atoms with Gasteiger partial charge >= 0.3 is 5.97 Å². The van der Waals surface area contributed by atoms with Crippen molar-refractivity contribution in [1.82, 2.24) is 10.2 Å². The summed E-state index contributed by atoms with van der Waals surface area (Å²) in [5.41, 5.74) is -0.960. The molecule has 0 bridgehead atoms. The zero-order chi connectivity index (χ0) is 46.4. The summed E-state index contributed by atoms with van der Waals surface area (Å²) in [6, 6.07) is 0. The third-order valence-electron chi connectivity index (χ3n) is 20.8. The van der Waals surface area contributed by atoms with Gasteiger partial charge < -0.3 is 35.0 Å². The van der Waals surface area contributed by atoms with Crippen LogP contribution >= 0.6 is 0 Å². The topological polar surface area (TPSA) is 129 Å². The smallest absolute Gasteiger partial charge is 0.307 e. The van der Waals surface area contributed by atoms with E-state index in [1.165, 1.54) is 109 Å². The summed E-state index contributed by atoms with van der Waals surface area (Å²) in [6.07, 6.45) is 36.1. The van der Waals surface area contributed by atoms with Crippen LogP contribution in [0.15, 0.2) is 0 Å². The highest BCUT2D eigenvalue weighted by molar-refractivity contribution is 5.80. The lowest BCUT2D eigenvalue weighted by atomic mass is 9.49. The van der Waals surface area contributed by atoms with Crippen molar-refractivity contribution in [3.05, 3.63) is 0 Å². The average Bonchev–Trinajstić information content (AvgIpc) is 3.88. The monoisotopic (exact) mass is 923 g/mol. The Labute approximate surface area is 402 Å². The van der Waals surface area contributed by atoms with E-state index in [9.17, 15) is 24.9 Å². The molecule has 2 saturated heterocycles. The second-order valence-electron chi connectivity index (χ2n) is 24.0. The minimum Gasteiger partial charge on any atom is -0.481 e. The Morgan fingerprint density at radius 2 is 1.02 bits per heavy atom. The number of carbonyl (C=O) groups excluding carboxylic acids is 1. The molecular weight excluding hydrogens is 825 g/mol. The summed E-state index contributed by atoms with van der Waals surface area (Å²) in [6.45, 7) is 15.6. The summed E-state index contributed by atoms with van der Waals surface area (Å²) in [5, 5.41) is 35.0. The third-order valence-corrected chi connectivity index (χ3v) is 20.8. The fraction of sp³-hybridized carbons (Fsp3) is 0.930. The van der Waals surface area contributed by atoms with Crippen LogP contribution < -0.4 is 5.32 Å². The normalized spacial score (nSPS) is 44.4. The SMILES string of the molecule is C.C#C.C1CCNCC1.CCOC[C@@]1(O)CC[C@H]2[C@H](CC[C@@H]3[C@@H]2CC[C@]2(C)[C@@H](C(=O)N4CCCCC4)CC[C@@H]32)C1.CCOC[C@@]1(O)CC[C@H]2[C@H](CC[C@@H]3[C@@H]2CC[C@]2(C)[C@@H](C(=O)O)CC[C@@H]32)C1. The fourth-order valence-electron chi connectivity index (χ4n) is 17.7. The average molecular weight is 923 g/mol. The molecular formula is C57H98N2O7. The lowest BCUT2D eigenvalue weighted by Crippen LogP contribution is -2.53. The molecule has 9 nitrogen and oxygen atoms in total. The van der Waals surface area contributed by atoms with Gasteiger partial charge in [0, 0.05) is 32.2 Å². The van der Waals surface area contributed by atoms with Crippen LogP contribution in [0.25, 0.3) is 0 Å². The molecule has 2 aliphatic heterocycles. The first-order valence-corrected chi connectivity index (χ1v) is 27.5. The van der Waals surface area contributed by atoms with E-state index in [2.05, 4.69) is 36.9 Å². The largest absolute Gasteiger partial charge is 0.481 e. The quantitative estimate of drug-likeness (QED) is 0.177. The number of hydrogen-bond acceptors (Lipinski definition) is 7. The minimum atomic E-state index is -0.616. The van der Waals surface area contributed by atoms with Crippen molar-refractivity contribution in [2.24, 2.45) is 81.8 Å². The van der Waals surface area contributed by atoms with Crippen LogP contribution in [0, 0.1) is 94.7 Å². The van der Waals surface area contributed by atoms with Crippen LogP contribution in [0.5, 0.6) is 0 Å². The minimum absolute atomic E-state index is 0. The summed E-state index contributed by atoms with van der Waals surface area (Å²) in [7, 11) is 0. The molecule has 1 amide bonds. The highest BCUT2D eigenvalue weighted by atomic mass is 16.5. The van der Waals surface area contributed by atoms with Crippen molar-refractivity contribution in [1.29, 1.82) is 0 Å². The van der Waals surface area contributed by atoms with Crippen molar-refractivity contribution in [3.63, 3.8) is 0 Å². The van der Waals surface area contributed by atoms with Crippen molar-refractivity contribution in [2.45, 2.75) is 200 Å². The molecule has 8 saturated carbocycles. The van der Waals surface area contributed by atoms with Crippen molar-refractivity contribution < 1.29 is 34.4 Å². The fourth-order valence-corrected chi connectivity index (χ4v) is 17.7. The molecule has 16 atom stereocenters. The number of terminal acetylenes is 1. The number of ether oxygens (including phenoxy) is 2. The zero-order valence-electron chi connectivity index (χ0n) is 41.6. The van der Waals surface area contributed by atoms with Gasteiger partial charge in [0.05, 0.1) is 30.3 Å². The number of carbonyl (C=O) groups is 2. The molecule has 0 aromatic heterocycles. The first-order chi connectivity index (χ1) is 31.3. The lowest BCUT2D eigenvalue weighted by Gasteiger charge is -2.57. The van der Waals surface area contributed by atoms with Crippen LogP contribution in [-0.4, -0.2) is 95.9 Å². The van der Waals surface area contributed by atoms with Crippen LogP contribution in [0.4, 0.5) is 0 Å². The molecule has 0 aromatic rings. The molecule has 0 radical (unpaired) electrons. The Morgan fingerprint density at radius 3 is 1.44 bits per heavy atom. The number of carboxylic acids is 1. The van der Waals surface area contributed by atoms with Crippen LogP contribution in [0.1, 0.15) is 189 Å². The van der Waals surface area contributed by atoms with Gasteiger partial charge in [-0.05, 0) is 245 Å². The summed E-state index contributed by atoms with van der Waals surface area (Å²) in [5.74, 6) is 7.40. The van der Waals surface area contributed by atoms with Gasteiger partial charge in [0.25, 0.3) is 0 Å². The predicted molar refractivity (Wildman–Crippen MR) is 265 cm³/mol. The maximum absolute atomic E-state index is 13.5. The van der Waals surface area contributed by atoms with Crippen molar-refractivity contribution >= 4 is 11.9 Å². The van der Waals surface area contributed by atoms with Gasteiger partial charge in [-0.2, -0.15) is 0 Å². The standard InChI is InChI=1S/C27H45NO3.C22H36O4.C5H11N.C2H2.CH4/c1-3-31-18-27(30)14-12-20-19(17-27)7-8-22-21(20)11-13-26(2)23(22)9-10-24(26)25(29)28-15-5-4-6-16-28;1-3-26-13-22(25)11-9-15-14(12-22)4-5-17-16(15)8-10-21(2)18(17)6-7-19(21)20(23)24;1-2-4-6-5-3-1;1-2;/h19-24,30H,3-18H2,1-2H3;14-19,25H,3-13H2,1-2H3,(H,23,24);6H,1-5H2;1-2H;1H4/t19-,20+,21-,22-,23+,24-,26+,27-;14-,15+,16-,17-,18+,19-,21+,22-;;;/m11.../s1. The van der Waals surface area contributed by atoms with Crippen LogP contribution in [-0.2, 0) is 19.1 Å². The Kier molecular flexibility index (Phi) is 19.1. The molecule has 4 N–H and O–H groups in total. The first kappa shape index (κ1) is 53.6. The number of likely N-dealkylation sites (tertiary alicyclic amines) is 1. The van der Waals surface area contributed by atoms with E-state index in [1.807, 2.05) is 13.8 Å². The number of piperidine rings is 2. The number of rotatable bonds is 8. The van der Waals surface area contributed by atoms with Gasteiger partial charge in [-0.1, -0.05) is 27.7 Å². The number of aliphatic carboxylic acids is 1. The first-order valence-electron chi connectivity index (χ1n) is 27.5. The number of nitrogens with zero attached hydrogens (tertiary/aromatic N) is 1. The maximum atomic E-state index is 13.5. The molecule has 0 aromatic carbocycles. The molecule has 378 valence electrons. The molecule has 0 spiro atoms. The summed E-state index contributed by atoms with van der Waals surface area (Å²) in [4.78, 5) is 27.5. The van der Waals surface area contributed by atoms with Crippen molar-refractivity contribution in [2.75, 3.05) is 52.6 Å². The van der Waals surface area contributed by atoms with E-state index >= 15 is 0 Å². The van der Waals surface area contributed by atoms with Gasteiger partial charge in [0.1, 0.15) is 0 Å². The Balaban J connectivity index is 0.000000187. The van der Waals surface area contributed by atoms with Gasteiger partial charge in [0.2, 0.25) is 5.91 Å². The molecule has 8 aliphatic carbocycles. The third kappa shape index (κ3) is 11.2. The molecule has 10 aliphatic rings. The number of carboxylic acid groups (broad SMARTS) is 1. The van der Waals surface area contributed by atoms with Gasteiger partial charge in [0.15, 0.2) is 0 Å². The van der Waals surface area contributed by atoms with E-state index in [1.54, 1.807) is 0 Å². The highest BCUT2D eigenvalue weighted by Crippen LogP contribution is 2.66. The highest BCUT2D eigenvalue weighted by Gasteiger charge is 2.61. The Hall–Kier alpha value is -1.70. The molecule has 66 heavy (non-hydrogen) atoms. The van der Waals surface area contributed by atoms with Crippen LogP contribution in [0.3, 0.4) is 0 Å². The maximum Gasteiger partial charge on any atom is 0.307 e. The molecule has 0 unspecified atom stereocenters. The zero-order valence-corrected chi connectivity index (χ0v) is 41.6. The molecule has 9 heteroatoms. The van der Waals surface area contributed by atoms with E-state index < -0.39 is 17.2 Å². The number of aliphatic hydroxyl groups is 2. The second kappa shape index (κ2) is 23.5. The number of nitrogens with one attached hydrogen (secondary N) is 1. The van der Waals surface area contributed by atoms with E-state index in [-0.39, 0.29) is 30.1 Å². The van der Waals surface area contributed by atoms with E-state index in [0.29, 0.717) is 50.1 Å². The lowest BCUT2D eigenvalue weighted by molar-refractivity contribution is -0.152. The predicted octanol–water partition coefficient (Wildman–Crippen LogP) is 10.8. The van der Waals surface area contributed by atoms with E-state index in [0.717, 1.165) is 112 Å². The number of amides is 1. The summed E-state index contributed by atoms with van der Waals surface area (Å²) >= 11 is 0. The summed E-state index contributed by atoms with van der Waals surface area (Å²) < 4.78 is 11.2. The second-order valence-corrected chi connectivity index (χ2v) is 24.0. The molecule has 2 heterocycles.